The molecule has 0 aromatic heterocycles. The summed E-state index contributed by atoms with van der Waals surface area (Å²) in [5, 5.41) is 6.31. The molecule has 0 aliphatic carbocycles. The highest BCUT2D eigenvalue weighted by molar-refractivity contribution is 5.81. The Balaban J connectivity index is 1.93. The third kappa shape index (κ3) is 2.87. The smallest absolute Gasteiger partial charge is 0.191 e. The minimum atomic E-state index is -0.346. The molecule has 1 unspecified atom stereocenters. The average molecular weight is 237 g/mol. The van der Waals surface area contributed by atoms with Gasteiger partial charge < -0.3 is 15.4 Å². The number of hydrogen-bond acceptors (Lipinski definition) is 4. The summed E-state index contributed by atoms with van der Waals surface area (Å²) in [5.41, 5.74) is 0.854. The minimum Gasteiger partial charge on any atom is -0.494 e. The quantitative estimate of drug-likeness (QED) is 0.832. The molecule has 1 atom stereocenters. The van der Waals surface area contributed by atoms with E-state index in [-0.39, 0.29) is 11.6 Å². The number of rotatable bonds is 3. The van der Waals surface area contributed by atoms with Crippen molar-refractivity contribution in [2.75, 3.05) is 13.7 Å². The minimum absolute atomic E-state index is 0.263. The van der Waals surface area contributed by atoms with Gasteiger partial charge in [0.2, 0.25) is 0 Å². The number of halogens is 1. The second-order valence-corrected chi connectivity index (χ2v) is 4.06. The van der Waals surface area contributed by atoms with E-state index in [0.717, 1.165) is 18.1 Å². The zero-order chi connectivity index (χ0) is 12.3. The van der Waals surface area contributed by atoms with Crippen LogP contribution in [0.3, 0.4) is 0 Å². The summed E-state index contributed by atoms with van der Waals surface area (Å²) in [7, 11) is 1.45. The lowest BCUT2D eigenvalue weighted by Gasteiger charge is -2.09. The number of hydrogen-bond donors (Lipinski definition) is 2. The zero-order valence-corrected chi connectivity index (χ0v) is 9.96. The van der Waals surface area contributed by atoms with E-state index in [0.29, 0.717) is 12.6 Å². The number of methoxy groups -OCH3 is 1. The first-order valence-electron chi connectivity index (χ1n) is 5.56. The predicted octanol–water partition coefficient (Wildman–Crippen LogP) is 1.27. The SMILES string of the molecule is COc1ccc(CNC2=NCC(C)N2)cc1F. The standard InChI is InChI=1S/C12H16FN3O/c1-8-6-14-12(16-8)15-7-9-3-4-11(17-2)10(13)5-9/h3-5,8H,6-7H2,1-2H3,(H2,14,15,16). The van der Waals surface area contributed by atoms with Crippen molar-refractivity contribution in [3.8, 4) is 5.75 Å². The monoisotopic (exact) mass is 237 g/mol. The van der Waals surface area contributed by atoms with E-state index in [1.165, 1.54) is 13.2 Å². The van der Waals surface area contributed by atoms with Gasteiger partial charge in [0.25, 0.3) is 0 Å². The van der Waals surface area contributed by atoms with Gasteiger partial charge in [-0.15, -0.1) is 0 Å². The maximum absolute atomic E-state index is 13.4. The molecule has 0 saturated heterocycles. The van der Waals surface area contributed by atoms with Gasteiger partial charge in [0.15, 0.2) is 17.5 Å². The molecule has 5 heteroatoms. The van der Waals surface area contributed by atoms with E-state index in [2.05, 4.69) is 22.5 Å². The third-order valence-electron chi connectivity index (χ3n) is 2.58. The Hall–Kier alpha value is -1.78. The first-order chi connectivity index (χ1) is 8.19. The van der Waals surface area contributed by atoms with E-state index >= 15 is 0 Å². The van der Waals surface area contributed by atoms with E-state index < -0.39 is 0 Å². The van der Waals surface area contributed by atoms with Gasteiger partial charge in [0, 0.05) is 12.6 Å². The number of benzene rings is 1. The second kappa shape index (κ2) is 5.03. The van der Waals surface area contributed by atoms with Gasteiger partial charge in [-0.05, 0) is 24.6 Å². The van der Waals surface area contributed by atoms with Crippen molar-refractivity contribution in [3.63, 3.8) is 0 Å². The van der Waals surface area contributed by atoms with E-state index in [1.807, 2.05) is 6.07 Å². The molecule has 1 aliphatic rings. The number of nitrogens with one attached hydrogen (secondary N) is 2. The topological polar surface area (TPSA) is 45.6 Å². The molecule has 92 valence electrons. The van der Waals surface area contributed by atoms with Gasteiger partial charge in [-0.25, -0.2) is 4.39 Å². The Kier molecular flexibility index (Phi) is 3.46. The molecule has 1 aliphatic heterocycles. The maximum Gasteiger partial charge on any atom is 0.191 e. The molecule has 1 aromatic rings. The van der Waals surface area contributed by atoms with Crippen LogP contribution in [0.4, 0.5) is 4.39 Å². The second-order valence-electron chi connectivity index (χ2n) is 4.06. The molecular weight excluding hydrogens is 221 g/mol. The van der Waals surface area contributed by atoms with Gasteiger partial charge in [0.1, 0.15) is 0 Å². The highest BCUT2D eigenvalue weighted by Gasteiger charge is 2.11. The van der Waals surface area contributed by atoms with Crippen LogP contribution in [-0.4, -0.2) is 25.7 Å². The largest absolute Gasteiger partial charge is 0.494 e. The van der Waals surface area contributed by atoms with Crippen LogP contribution in [0.1, 0.15) is 12.5 Å². The summed E-state index contributed by atoms with van der Waals surface area (Å²) in [6.07, 6.45) is 0. The Morgan fingerprint density at radius 3 is 3.00 bits per heavy atom. The molecule has 0 bridgehead atoms. The summed E-state index contributed by atoms with van der Waals surface area (Å²) in [4.78, 5) is 4.26. The Morgan fingerprint density at radius 2 is 2.41 bits per heavy atom. The van der Waals surface area contributed by atoms with Crippen molar-refractivity contribution in [1.82, 2.24) is 10.6 Å². The van der Waals surface area contributed by atoms with Crippen LogP contribution in [0.2, 0.25) is 0 Å². The van der Waals surface area contributed by atoms with E-state index in [9.17, 15) is 4.39 Å². The number of nitrogens with zero attached hydrogens (tertiary/aromatic N) is 1. The van der Waals surface area contributed by atoms with E-state index in [1.54, 1.807) is 6.07 Å². The van der Waals surface area contributed by atoms with Crippen LogP contribution in [0.5, 0.6) is 5.75 Å². The molecule has 0 radical (unpaired) electrons. The van der Waals surface area contributed by atoms with Gasteiger partial charge in [-0.1, -0.05) is 6.07 Å². The predicted molar refractivity (Wildman–Crippen MR) is 64.7 cm³/mol. The highest BCUT2D eigenvalue weighted by atomic mass is 19.1. The summed E-state index contributed by atoms with van der Waals surface area (Å²) in [6, 6.07) is 5.28. The zero-order valence-electron chi connectivity index (χ0n) is 9.96. The Bertz CT molecular complexity index is 434. The number of aliphatic imine (C=N–C) groups is 1. The molecule has 2 N–H and O–H groups in total. The van der Waals surface area contributed by atoms with Crippen molar-refractivity contribution in [2.45, 2.75) is 19.5 Å². The fraction of sp³-hybridized carbons (Fsp3) is 0.417. The van der Waals surface area contributed by atoms with Crippen LogP contribution < -0.4 is 15.4 Å². The molecule has 0 spiro atoms. The molecule has 2 rings (SSSR count). The first kappa shape index (κ1) is 11.7. The maximum atomic E-state index is 13.4. The highest BCUT2D eigenvalue weighted by Crippen LogP contribution is 2.17. The van der Waals surface area contributed by atoms with Gasteiger partial charge in [0.05, 0.1) is 13.7 Å². The average Bonchev–Trinajstić information content (AvgIpc) is 2.73. The van der Waals surface area contributed by atoms with Crippen molar-refractivity contribution < 1.29 is 9.13 Å². The van der Waals surface area contributed by atoms with Crippen LogP contribution in [0.15, 0.2) is 23.2 Å². The molecular formula is C12H16FN3O. The summed E-state index contributed by atoms with van der Waals surface area (Å²) < 4.78 is 18.3. The van der Waals surface area contributed by atoms with Gasteiger partial charge in [-0.2, -0.15) is 0 Å². The molecule has 0 amide bonds. The lowest BCUT2D eigenvalue weighted by molar-refractivity contribution is 0.386. The molecule has 0 saturated carbocycles. The third-order valence-corrected chi connectivity index (χ3v) is 2.58. The Morgan fingerprint density at radius 1 is 1.59 bits per heavy atom. The molecule has 1 heterocycles. The molecule has 1 aromatic carbocycles. The molecule has 4 nitrogen and oxygen atoms in total. The van der Waals surface area contributed by atoms with Crippen LogP contribution in [0.25, 0.3) is 0 Å². The summed E-state index contributed by atoms with van der Waals surface area (Å²) >= 11 is 0. The van der Waals surface area contributed by atoms with Gasteiger partial charge >= 0.3 is 0 Å². The normalized spacial score (nSPS) is 18.5. The fourth-order valence-electron chi connectivity index (χ4n) is 1.67. The van der Waals surface area contributed by atoms with E-state index in [4.69, 9.17) is 4.74 Å². The molecule has 0 fully saturated rings. The summed E-state index contributed by atoms with van der Waals surface area (Å²) in [5.74, 6) is 0.689. The fourth-order valence-corrected chi connectivity index (χ4v) is 1.67. The first-order valence-corrected chi connectivity index (χ1v) is 5.56. The molecule has 17 heavy (non-hydrogen) atoms. The lowest BCUT2D eigenvalue weighted by atomic mass is 10.2. The van der Waals surface area contributed by atoms with Crippen molar-refractivity contribution in [2.24, 2.45) is 4.99 Å². The number of ether oxygens (including phenoxy) is 1. The Labute approximate surface area is 99.9 Å². The van der Waals surface area contributed by atoms with Crippen LogP contribution in [0, 0.1) is 5.82 Å². The van der Waals surface area contributed by atoms with Crippen LogP contribution in [-0.2, 0) is 6.54 Å². The van der Waals surface area contributed by atoms with Gasteiger partial charge in [-0.3, -0.25) is 4.99 Å². The van der Waals surface area contributed by atoms with Crippen molar-refractivity contribution in [1.29, 1.82) is 0 Å². The van der Waals surface area contributed by atoms with Crippen molar-refractivity contribution >= 4 is 5.96 Å². The van der Waals surface area contributed by atoms with Crippen molar-refractivity contribution in [3.05, 3.63) is 29.6 Å². The summed E-state index contributed by atoms with van der Waals surface area (Å²) in [6.45, 7) is 3.38. The number of guanidine groups is 1. The lowest BCUT2D eigenvalue weighted by Crippen LogP contribution is -2.37. The van der Waals surface area contributed by atoms with Crippen LogP contribution >= 0.6 is 0 Å².